The van der Waals surface area contributed by atoms with Crippen molar-refractivity contribution in [2.24, 2.45) is 0 Å². The number of likely N-dealkylation sites (tertiary alicyclic amines) is 1. The van der Waals surface area contributed by atoms with Crippen LogP contribution in [-0.4, -0.2) is 59.4 Å². The minimum Gasteiger partial charge on any atom is -0.350 e. The molecule has 0 atom stereocenters. The van der Waals surface area contributed by atoms with Crippen molar-refractivity contribution in [2.45, 2.75) is 51.1 Å². The van der Waals surface area contributed by atoms with Gasteiger partial charge in [0.25, 0.3) is 5.91 Å². The first-order chi connectivity index (χ1) is 16.9. The lowest BCUT2D eigenvalue weighted by atomic mass is 9.85. The summed E-state index contributed by atoms with van der Waals surface area (Å²) in [6.45, 7) is 3.66. The lowest BCUT2D eigenvalue weighted by Gasteiger charge is -2.43. The zero-order valence-corrected chi connectivity index (χ0v) is 20.2. The van der Waals surface area contributed by atoms with Crippen molar-refractivity contribution in [1.82, 2.24) is 15.1 Å². The molecule has 2 aliphatic rings. The summed E-state index contributed by atoms with van der Waals surface area (Å²) in [7, 11) is 0. The second-order valence-corrected chi connectivity index (χ2v) is 9.33. The molecular formula is C27H33FN4O3. The first-order valence-electron chi connectivity index (χ1n) is 12.3. The lowest BCUT2D eigenvalue weighted by molar-refractivity contribution is -0.140. The van der Waals surface area contributed by atoms with Gasteiger partial charge < -0.3 is 20.0 Å². The molecule has 0 bridgehead atoms. The van der Waals surface area contributed by atoms with Crippen LogP contribution < -0.4 is 10.2 Å². The van der Waals surface area contributed by atoms with Crippen LogP contribution in [0, 0.1) is 5.82 Å². The van der Waals surface area contributed by atoms with Gasteiger partial charge in [0.05, 0.1) is 6.67 Å². The summed E-state index contributed by atoms with van der Waals surface area (Å²) < 4.78 is 13.1. The predicted octanol–water partition coefficient (Wildman–Crippen LogP) is 3.30. The highest BCUT2D eigenvalue weighted by Crippen LogP contribution is 2.39. The Bertz CT molecular complexity index is 1040. The number of benzene rings is 2. The Morgan fingerprint density at radius 1 is 1.03 bits per heavy atom. The Labute approximate surface area is 205 Å². The molecule has 7 nitrogen and oxygen atoms in total. The van der Waals surface area contributed by atoms with E-state index in [2.05, 4.69) is 17.1 Å². The topological polar surface area (TPSA) is 73.0 Å². The van der Waals surface area contributed by atoms with Crippen LogP contribution in [0.4, 0.5) is 10.1 Å². The zero-order chi connectivity index (χ0) is 24.8. The molecule has 2 saturated heterocycles. The van der Waals surface area contributed by atoms with Gasteiger partial charge in [0.15, 0.2) is 0 Å². The quantitative estimate of drug-likeness (QED) is 0.629. The van der Waals surface area contributed by atoms with Crippen molar-refractivity contribution in [3.63, 3.8) is 0 Å². The molecule has 3 amide bonds. The molecule has 1 N–H and O–H groups in total. The summed E-state index contributed by atoms with van der Waals surface area (Å²) in [5.41, 5.74) is 0.955. The Hall–Kier alpha value is -3.42. The van der Waals surface area contributed by atoms with Crippen LogP contribution in [0.25, 0.3) is 0 Å². The largest absolute Gasteiger partial charge is 0.350 e. The van der Waals surface area contributed by atoms with Crippen molar-refractivity contribution < 1.29 is 18.8 Å². The number of hydrogen-bond acceptors (Lipinski definition) is 4. The number of para-hydroxylation sites is 1. The molecule has 4 rings (SSSR count). The number of piperidine rings is 1. The molecule has 0 aromatic heterocycles. The van der Waals surface area contributed by atoms with E-state index in [0.29, 0.717) is 39.0 Å². The monoisotopic (exact) mass is 480 g/mol. The first kappa shape index (κ1) is 24.7. The van der Waals surface area contributed by atoms with Gasteiger partial charge in [-0.05, 0) is 49.1 Å². The van der Waals surface area contributed by atoms with E-state index in [9.17, 15) is 18.8 Å². The molecule has 0 radical (unpaired) electrons. The number of anilines is 1. The maximum absolute atomic E-state index is 13.7. The van der Waals surface area contributed by atoms with Crippen LogP contribution >= 0.6 is 0 Å². The van der Waals surface area contributed by atoms with Crippen molar-refractivity contribution >= 4 is 23.4 Å². The summed E-state index contributed by atoms with van der Waals surface area (Å²) in [4.78, 5) is 44.5. The fraction of sp³-hybridized carbons (Fsp3) is 0.444. The first-order valence-corrected chi connectivity index (χ1v) is 12.3. The van der Waals surface area contributed by atoms with Crippen LogP contribution in [0.15, 0.2) is 54.6 Å². The molecular weight excluding hydrogens is 447 g/mol. The average Bonchev–Trinajstić information content (AvgIpc) is 3.14. The maximum atomic E-state index is 13.7. The lowest BCUT2D eigenvalue weighted by Crippen LogP contribution is -2.57. The van der Waals surface area contributed by atoms with Gasteiger partial charge in [-0.2, -0.15) is 0 Å². The van der Waals surface area contributed by atoms with Gasteiger partial charge in [0.2, 0.25) is 11.8 Å². The number of rotatable bonds is 8. The van der Waals surface area contributed by atoms with Gasteiger partial charge >= 0.3 is 0 Å². The fourth-order valence-corrected chi connectivity index (χ4v) is 4.97. The van der Waals surface area contributed by atoms with Gasteiger partial charge in [-0.15, -0.1) is 0 Å². The van der Waals surface area contributed by atoms with E-state index in [1.807, 2.05) is 35.2 Å². The van der Waals surface area contributed by atoms with Crippen molar-refractivity contribution in [1.29, 1.82) is 0 Å². The predicted molar refractivity (Wildman–Crippen MR) is 132 cm³/mol. The minimum atomic E-state index is -0.764. The highest BCUT2D eigenvalue weighted by Gasteiger charge is 2.54. The molecule has 0 saturated carbocycles. The van der Waals surface area contributed by atoms with E-state index in [0.717, 1.165) is 24.1 Å². The van der Waals surface area contributed by atoms with Gasteiger partial charge in [0, 0.05) is 31.7 Å². The molecule has 35 heavy (non-hydrogen) atoms. The summed E-state index contributed by atoms with van der Waals surface area (Å²) >= 11 is 0. The van der Waals surface area contributed by atoms with E-state index >= 15 is 0 Å². The van der Waals surface area contributed by atoms with E-state index < -0.39 is 5.54 Å². The Kier molecular flexibility index (Phi) is 7.68. The van der Waals surface area contributed by atoms with Crippen LogP contribution in [0.5, 0.6) is 0 Å². The fourth-order valence-electron chi connectivity index (χ4n) is 4.97. The molecule has 2 fully saturated rings. The molecule has 186 valence electrons. The highest BCUT2D eigenvalue weighted by atomic mass is 19.1. The van der Waals surface area contributed by atoms with Crippen molar-refractivity contribution in [3.05, 3.63) is 66.0 Å². The third kappa shape index (κ3) is 5.47. The number of carbonyl (C=O) groups is 3. The van der Waals surface area contributed by atoms with Gasteiger partial charge in [-0.3, -0.25) is 14.4 Å². The number of carbonyl (C=O) groups excluding carboxylic acids is 3. The van der Waals surface area contributed by atoms with Crippen molar-refractivity contribution in [2.75, 3.05) is 31.2 Å². The molecule has 2 heterocycles. The number of halogens is 1. The molecule has 2 aromatic rings. The van der Waals surface area contributed by atoms with Crippen LogP contribution in [0.2, 0.25) is 0 Å². The minimum absolute atomic E-state index is 0.0513. The maximum Gasteiger partial charge on any atom is 0.250 e. The second-order valence-electron chi connectivity index (χ2n) is 9.33. The van der Waals surface area contributed by atoms with Gasteiger partial charge in [-0.25, -0.2) is 4.39 Å². The number of nitrogens with one attached hydrogen (secondary N) is 1. The third-order valence-electron chi connectivity index (χ3n) is 7.01. The van der Waals surface area contributed by atoms with Crippen molar-refractivity contribution in [3.8, 4) is 0 Å². The molecule has 8 heteroatoms. The summed E-state index contributed by atoms with van der Waals surface area (Å²) in [6.07, 6.45) is 3.46. The van der Waals surface area contributed by atoms with E-state index in [1.54, 1.807) is 17.0 Å². The number of nitrogens with zero attached hydrogens (tertiary/aromatic N) is 3. The molecule has 0 aliphatic carbocycles. The standard InChI is InChI=1S/C27H33FN4O3/c1-2-3-9-25(34)30-16-14-27(15-17-30)26(35)31(20-32(27)23-7-5-4-6-8-23)19-24(33)29-18-21-10-12-22(28)13-11-21/h4-8,10-13H,2-3,9,14-20H2,1H3,(H,29,33). The summed E-state index contributed by atoms with van der Waals surface area (Å²) in [5.74, 6) is -0.513. The van der Waals surface area contributed by atoms with Gasteiger partial charge in [0.1, 0.15) is 17.9 Å². The number of amides is 3. The SMILES string of the molecule is CCCCC(=O)N1CCC2(CC1)C(=O)N(CC(=O)NCc1ccc(F)cc1)CN2c1ccccc1. The highest BCUT2D eigenvalue weighted by molar-refractivity contribution is 5.96. The third-order valence-corrected chi connectivity index (χ3v) is 7.01. The molecule has 2 aromatic carbocycles. The molecule has 1 spiro atoms. The molecule has 0 unspecified atom stereocenters. The normalized spacial score (nSPS) is 17.2. The Morgan fingerprint density at radius 3 is 2.37 bits per heavy atom. The van der Waals surface area contributed by atoms with E-state index in [-0.39, 0.29) is 36.6 Å². The Balaban J connectivity index is 1.45. The summed E-state index contributed by atoms with van der Waals surface area (Å²) in [6, 6.07) is 15.7. The molecule has 2 aliphatic heterocycles. The zero-order valence-electron chi connectivity index (χ0n) is 20.2. The average molecular weight is 481 g/mol. The number of unbranched alkanes of at least 4 members (excludes halogenated alkanes) is 1. The van der Waals surface area contributed by atoms with E-state index in [4.69, 9.17) is 0 Å². The van der Waals surface area contributed by atoms with Crippen LogP contribution in [-0.2, 0) is 20.9 Å². The smallest absolute Gasteiger partial charge is 0.250 e. The van der Waals surface area contributed by atoms with Crippen LogP contribution in [0.3, 0.4) is 0 Å². The summed E-state index contributed by atoms with van der Waals surface area (Å²) in [5, 5.41) is 2.83. The van der Waals surface area contributed by atoms with E-state index in [1.165, 1.54) is 12.1 Å². The number of hydrogen-bond donors (Lipinski definition) is 1. The second kappa shape index (κ2) is 10.9. The van der Waals surface area contributed by atoms with Gasteiger partial charge in [-0.1, -0.05) is 43.7 Å². The van der Waals surface area contributed by atoms with Crippen LogP contribution in [0.1, 0.15) is 44.6 Å². The Morgan fingerprint density at radius 2 is 1.71 bits per heavy atom.